The maximum atomic E-state index is 6.03. The van der Waals surface area contributed by atoms with Crippen molar-refractivity contribution in [2.75, 3.05) is 13.2 Å². The van der Waals surface area contributed by atoms with Gasteiger partial charge in [0, 0.05) is 17.1 Å². The van der Waals surface area contributed by atoms with Gasteiger partial charge in [-0.2, -0.15) is 0 Å². The Labute approximate surface area is 94.1 Å². The Morgan fingerprint density at radius 3 is 2.93 bits per heavy atom. The van der Waals surface area contributed by atoms with Gasteiger partial charge in [-0.3, -0.25) is 0 Å². The molecule has 1 saturated heterocycles. The van der Waals surface area contributed by atoms with Gasteiger partial charge in [-0.25, -0.2) is 0 Å². The molecule has 0 amide bonds. The van der Waals surface area contributed by atoms with E-state index < -0.39 is 0 Å². The van der Waals surface area contributed by atoms with Crippen molar-refractivity contribution in [3.63, 3.8) is 0 Å². The molecule has 1 aromatic rings. The summed E-state index contributed by atoms with van der Waals surface area (Å²) in [5.41, 5.74) is 7.49. The topological polar surface area (TPSA) is 44.5 Å². The van der Waals surface area contributed by atoms with E-state index in [2.05, 4.69) is 0 Å². The van der Waals surface area contributed by atoms with Crippen molar-refractivity contribution in [3.8, 4) is 0 Å². The van der Waals surface area contributed by atoms with Crippen molar-refractivity contribution in [2.24, 2.45) is 5.73 Å². The van der Waals surface area contributed by atoms with Crippen LogP contribution in [0, 0.1) is 6.92 Å². The van der Waals surface area contributed by atoms with Crippen LogP contribution in [-0.4, -0.2) is 19.3 Å². The molecular weight excluding hydrogens is 214 g/mol. The van der Waals surface area contributed by atoms with Crippen molar-refractivity contribution in [3.05, 3.63) is 34.3 Å². The van der Waals surface area contributed by atoms with Crippen LogP contribution >= 0.6 is 11.6 Å². The van der Waals surface area contributed by atoms with E-state index in [0.29, 0.717) is 13.2 Å². The van der Waals surface area contributed by atoms with Crippen molar-refractivity contribution in [1.29, 1.82) is 0 Å². The molecule has 1 aromatic carbocycles. The second kappa shape index (κ2) is 4.49. The number of ether oxygens (including phenoxy) is 2. The maximum absolute atomic E-state index is 6.03. The molecule has 1 heterocycles. The number of benzene rings is 1. The Bertz CT molecular complexity index is 356. The molecular formula is C11H14ClNO2. The average Bonchev–Trinajstić information content (AvgIpc) is 2.70. The minimum atomic E-state index is -0.323. The van der Waals surface area contributed by atoms with Crippen molar-refractivity contribution in [1.82, 2.24) is 0 Å². The predicted molar refractivity (Wildman–Crippen MR) is 58.8 cm³/mol. The quantitative estimate of drug-likeness (QED) is 0.841. The summed E-state index contributed by atoms with van der Waals surface area (Å²) in [6.07, 6.45) is -0.327. The minimum Gasteiger partial charge on any atom is -0.346 e. The van der Waals surface area contributed by atoms with Gasteiger partial charge in [-0.15, -0.1) is 0 Å². The summed E-state index contributed by atoms with van der Waals surface area (Å²) in [4.78, 5) is 0. The Kier molecular flexibility index (Phi) is 3.26. The van der Waals surface area contributed by atoms with Gasteiger partial charge in [0.2, 0.25) is 0 Å². The zero-order valence-corrected chi connectivity index (χ0v) is 9.33. The zero-order chi connectivity index (χ0) is 10.8. The van der Waals surface area contributed by atoms with E-state index in [1.165, 1.54) is 0 Å². The lowest BCUT2D eigenvalue weighted by Gasteiger charge is -2.11. The van der Waals surface area contributed by atoms with Crippen LogP contribution < -0.4 is 5.73 Å². The number of nitrogens with two attached hydrogens (primary N) is 1. The van der Waals surface area contributed by atoms with E-state index in [1.54, 1.807) is 0 Å². The molecule has 2 unspecified atom stereocenters. The van der Waals surface area contributed by atoms with Crippen LogP contribution in [0.1, 0.15) is 17.4 Å². The Morgan fingerprint density at radius 1 is 1.53 bits per heavy atom. The highest BCUT2D eigenvalue weighted by Crippen LogP contribution is 2.29. The van der Waals surface area contributed by atoms with Crippen LogP contribution in [0.3, 0.4) is 0 Å². The van der Waals surface area contributed by atoms with Gasteiger partial charge in [0.25, 0.3) is 0 Å². The average molecular weight is 228 g/mol. The lowest BCUT2D eigenvalue weighted by Crippen LogP contribution is -2.21. The maximum Gasteiger partial charge on any atom is 0.184 e. The SMILES string of the molecule is Cc1ccc(C2OCC(CN)O2)cc1Cl. The highest BCUT2D eigenvalue weighted by molar-refractivity contribution is 6.31. The summed E-state index contributed by atoms with van der Waals surface area (Å²) in [5.74, 6) is 0. The first kappa shape index (κ1) is 10.9. The third-order valence-corrected chi connectivity index (χ3v) is 2.89. The molecule has 0 bridgehead atoms. The summed E-state index contributed by atoms with van der Waals surface area (Å²) >= 11 is 6.03. The van der Waals surface area contributed by atoms with E-state index in [-0.39, 0.29) is 12.4 Å². The first-order valence-electron chi connectivity index (χ1n) is 4.94. The van der Waals surface area contributed by atoms with Crippen molar-refractivity contribution in [2.45, 2.75) is 19.3 Å². The lowest BCUT2D eigenvalue weighted by molar-refractivity contribution is -0.0585. The number of rotatable bonds is 2. The van der Waals surface area contributed by atoms with Crippen LogP contribution in [0.25, 0.3) is 0 Å². The van der Waals surface area contributed by atoms with Crippen LogP contribution in [0.2, 0.25) is 5.02 Å². The summed E-state index contributed by atoms with van der Waals surface area (Å²) in [7, 11) is 0. The minimum absolute atomic E-state index is 0.00456. The van der Waals surface area contributed by atoms with Gasteiger partial charge < -0.3 is 15.2 Å². The van der Waals surface area contributed by atoms with Crippen LogP contribution in [0.4, 0.5) is 0 Å². The largest absolute Gasteiger partial charge is 0.346 e. The lowest BCUT2D eigenvalue weighted by atomic mass is 10.1. The molecule has 0 saturated carbocycles. The van der Waals surface area contributed by atoms with Crippen LogP contribution in [0.15, 0.2) is 18.2 Å². The van der Waals surface area contributed by atoms with E-state index in [9.17, 15) is 0 Å². The molecule has 1 aliphatic heterocycles. The number of hydrogen-bond acceptors (Lipinski definition) is 3. The zero-order valence-electron chi connectivity index (χ0n) is 8.57. The Morgan fingerprint density at radius 2 is 2.33 bits per heavy atom. The van der Waals surface area contributed by atoms with E-state index >= 15 is 0 Å². The first-order valence-corrected chi connectivity index (χ1v) is 5.31. The third kappa shape index (κ3) is 2.32. The van der Waals surface area contributed by atoms with E-state index in [1.807, 2.05) is 25.1 Å². The van der Waals surface area contributed by atoms with E-state index in [0.717, 1.165) is 16.1 Å². The van der Waals surface area contributed by atoms with Crippen molar-refractivity contribution < 1.29 is 9.47 Å². The van der Waals surface area contributed by atoms with Gasteiger partial charge >= 0.3 is 0 Å². The monoisotopic (exact) mass is 227 g/mol. The number of hydrogen-bond donors (Lipinski definition) is 1. The molecule has 82 valence electrons. The molecule has 0 aliphatic carbocycles. The molecule has 2 N–H and O–H groups in total. The summed E-state index contributed by atoms with van der Waals surface area (Å²) in [6, 6.07) is 5.80. The summed E-state index contributed by atoms with van der Waals surface area (Å²) in [5, 5.41) is 0.732. The molecule has 4 heteroatoms. The van der Waals surface area contributed by atoms with Crippen molar-refractivity contribution >= 4 is 11.6 Å². The van der Waals surface area contributed by atoms with Crippen LogP contribution in [0.5, 0.6) is 0 Å². The van der Waals surface area contributed by atoms with Crippen LogP contribution in [-0.2, 0) is 9.47 Å². The second-order valence-corrected chi connectivity index (χ2v) is 4.07. The normalized spacial score (nSPS) is 25.8. The number of halogens is 1. The Balaban J connectivity index is 2.13. The molecule has 2 rings (SSSR count). The smallest absolute Gasteiger partial charge is 0.184 e. The molecule has 1 aliphatic rings. The number of aryl methyl sites for hydroxylation is 1. The van der Waals surface area contributed by atoms with E-state index in [4.69, 9.17) is 26.8 Å². The van der Waals surface area contributed by atoms with Gasteiger partial charge in [0.15, 0.2) is 6.29 Å². The molecule has 0 radical (unpaired) electrons. The van der Waals surface area contributed by atoms with Gasteiger partial charge in [0.1, 0.15) is 0 Å². The summed E-state index contributed by atoms with van der Waals surface area (Å²) in [6.45, 7) is 2.99. The third-order valence-electron chi connectivity index (χ3n) is 2.48. The molecule has 0 spiro atoms. The standard InChI is InChI=1S/C11H14ClNO2/c1-7-2-3-8(4-10(7)12)11-14-6-9(5-13)15-11/h2-4,9,11H,5-6,13H2,1H3. The van der Waals surface area contributed by atoms with Gasteiger partial charge in [-0.05, 0) is 18.6 Å². The fourth-order valence-electron chi connectivity index (χ4n) is 1.50. The van der Waals surface area contributed by atoms with Gasteiger partial charge in [0.05, 0.1) is 12.7 Å². The second-order valence-electron chi connectivity index (χ2n) is 3.67. The fourth-order valence-corrected chi connectivity index (χ4v) is 1.69. The first-order chi connectivity index (χ1) is 7.20. The highest BCUT2D eigenvalue weighted by Gasteiger charge is 2.26. The molecule has 2 atom stereocenters. The molecule has 0 aromatic heterocycles. The molecule has 1 fully saturated rings. The molecule has 15 heavy (non-hydrogen) atoms. The highest BCUT2D eigenvalue weighted by atomic mass is 35.5. The van der Waals surface area contributed by atoms with Gasteiger partial charge in [-0.1, -0.05) is 23.7 Å². The summed E-state index contributed by atoms with van der Waals surface area (Å²) < 4.78 is 11.1. The fraction of sp³-hybridized carbons (Fsp3) is 0.455. The Hall–Kier alpha value is -0.610. The molecule has 3 nitrogen and oxygen atoms in total. The predicted octanol–water partition coefficient (Wildman–Crippen LogP) is 2.02.